The zero-order valence-corrected chi connectivity index (χ0v) is 12.3. The number of rotatable bonds is 5. The van der Waals surface area contributed by atoms with Crippen LogP contribution in [0.2, 0.25) is 0 Å². The maximum atomic E-state index is 12.0. The molecular formula is C11H11ClF3NO4S. The first-order valence-electron chi connectivity index (χ1n) is 5.61. The molecule has 10 heteroatoms. The molecule has 0 saturated heterocycles. The molecular weight excluding hydrogens is 335 g/mol. The van der Waals surface area contributed by atoms with Gasteiger partial charge in [-0.2, -0.15) is 13.2 Å². The smallest absolute Gasteiger partial charge is 0.405 e. The molecule has 118 valence electrons. The van der Waals surface area contributed by atoms with E-state index in [2.05, 4.69) is 0 Å². The Bertz CT molecular complexity index is 631. The van der Waals surface area contributed by atoms with Crippen LogP contribution in [0, 0.1) is 0 Å². The number of ether oxygens (including phenoxy) is 1. The van der Waals surface area contributed by atoms with Crippen LogP contribution in [0.25, 0.3) is 0 Å². The van der Waals surface area contributed by atoms with Gasteiger partial charge in [-0.1, -0.05) is 0 Å². The van der Waals surface area contributed by atoms with E-state index in [0.717, 1.165) is 18.2 Å². The van der Waals surface area contributed by atoms with Crippen LogP contribution >= 0.6 is 10.7 Å². The van der Waals surface area contributed by atoms with Crippen molar-refractivity contribution in [2.45, 2.75) is 18.0 Å². The van der Waals surface area contributed by atoms with Crippen molar-refractivity contribution in [3.8, 4) is 5.75 Å². The Morgan fingerprint density at radius 1 is 1.38 bits per heavy atom. The highest BCUT2D eigenvalue weighted by Crippen LogP contribution is 2.28. The summed E-state index contributed by atoms with van der Waals surface area (Å²) in [5, 5.41) is 1.63. The molecule has 1 aromatic carbocycles. The van der Waals surface area contributed by atoms with Gasteiger partial charge < -0.3 is 10.1 Å². The predicted molar refractivity (Wildman–Crippen MR) is 69.0 cm³/mol. The molecule has 0 saturated carbocycles. The Balaban J connectivity index is 3.08. The van der Waals surface area contributed by atoms with E-state index in [4.69, 9.17) is 15.4 Å². The quantitative estimate of drug-likeness (QED) is 0.831. The minimum absolute atomic E-state index is 0.0835. The number of alkyl halides is 3. The van der Waals surface area contributed by atoms with Crippen molar-refractivity contribution < 1.29 is 31.1 Å². The minimum Gasteiger partial charge on any atom is -0.492 e. The highest BCUT2D eigenvalue weighted by Gasteiger charge is 2.28. The third-order valence-corrected chi connectivity index (χ3v) is 3.56. The molecule has 0 aliphatic carbocycles. The Kier molecular flexibility index (Phi) is 5.46. The Labute approximate surface area is 123 Å². The SMILES string of the molecule is CCOc1ccc(C(=O)NCC(F)(F)F)cc1S(=O)(=O)Cl. The third kappa shape index (κ3) is 5.43. The van der Waals surface area contributed by atoms with Crippen LogP contribution in [-0.4, -0.2) is 33.7 Å². The number of carbonyl (C=O) groups excluding carboxylic acids is 1. The average Bonchev–Trinajstić information content (AvgIpc) is 2.34. The number of halogens is 4. The molecule has 0 unspecified atom stereocenters. The Morgan fingerprint density at radius 3 is 2.48 bits per heavy atom. The van der Waals surface area contributed by atoms with E-state index in [9.17, 15) is 26.4 Å². The average molecular weight is 346 g/mol. The van der Waals surface area contributed by atoms with E-state index in [1.165, 1.54) is 0 Å². The maximum Gasteiger partial charge on any atom is 0.405 e. The summed E-state index contributed by atoms with van der Waals surface area (Å²) in [5.74, 6) is -1.16. The standard InChI is InChI=1S/C11H11ClF3NO4S/c1-2-20-8-4-3-7(5-9(8)21(12,18)19)10(17)16-6-11(13,14)15/h3-5H,2,6H2,1H3,(H,16,17). The van der Waals surface area contributed by atoms with Crippen LogP contribution in [0.3, 0.4) is 0 Å². The first-order valence-corrected chi connectivity index (χ1v) is 7.92. The molecule has 0 radical (unpaired) electrons. The van der Waals surface area contributed by atoms with Gasteiger partial charge in [0.25, 0.3) is 15.0 Å². The lowest BCUT2D eigenvalue weighted by Crippen LogP contribution is -2.33. The molecule has 0 aromatic heterocycles. The van der Waals surface area contributed by atoms with Gasteiger partial charge >= 0.3 is 6.18 Å². The summed E-state index contributed by atoms with van der Waals surface area (Å²) in [6, 6.07) is 3.16. The summed E-state index contributed by atoms with van der Waals surface area (Å²) in [6.45, 7) is 0.232. The van der Waals surface area contributed by atoms with Gasteiger partial charge in [-0.3, -0.25) is 4.79 Å². The molecule has 21 heavy (non-hydrogen) atoms. The van der Waals surface area contributed by atoms with Gasteiger partial charge in [-0.15, -0.1) is 0 Å². The molecule has 0 spiro atoms. The maximum absolute atomic E-state index is 12.0. The van der Waals surface area contributed by atoms with E-state index in [0.29, 0.717) is 0 Å². The summed E-state index contributed by atoms with van der Waals surface area (Å²) >= 11 is 0. The van der Waals surface area contributed by atoms with E-state index in [1.807, 2.05) is 0 Å². The molecule has 0 atom stereocenters. The fraction of sp³-hybridized carbons (Fsp3) is 0.364. The predicted octanol–water partition coefficient (Wildman–Crippen LogP) is 2.30. The number of benzene rings is 1. The fourth-order valence-corrected chi connectivity index (χ4v) is 2.39. The van der Waals surface area contributed by atoms with Gasteiger partial charge in [0.15, 0.2) is 0 Å². The van der Waals surface area contributed by atoms with Gasteiger partial charge in [-0.25, -0.2) is 8.42 Å². The number of nitrogens with one attached hydrogen (secondary N) is 1. The van der Waals surface area contributed by atoms with Crippen LogP contribution in [0.5, 0.6) is 5.75 Å². The molecule has 1 N–H and O–H groups in total. The third-order valence-electron chi connectivity index (χ3n) is 2.22. The molecule has 1 aromatic rings. The molecule has 5 nitrogen and oxygen atoms in total. The lowest BCUT2D eigenvalue weighted by atomic mass is 10.2. The summed E-state index contributed by atoms with van der Waals surface area (Å²) in [4.78, 5) is 11.1. The molecule has 0 aliphatic heterocycles. The van der Waals surface area contributed by atoms with Crippen LogP contribution < -0.4 is 10.1 Å². The normalized spacial score (nSPS) is 12.0. The highest BCUT2D eigenvalue weighted by molar-refractivity contribution is 8.13. The van der Waals surface area contributed by atoms with E-state index in [1.54, 1.807) is 12.2 Å². The second-order valence-electron chi connectivity index (χ2n) is 3.83. The lowest BCUT2D eigenvalue weighted by Gasteiger charge is -2.11. The number of hydrogen-bond donors (Lipinski definition) is 1. The van der Waals surface area contributed by atoms with Gasteiger partial charge in [0, 0.05) is 16.2 Å². The van der Waals surface area contributed by atoms with E-state index < -0.39 is 32.6 Å². The van der Waals surface area contributed by atoms with Crippen LogP contribution in [-0.2, 0) is 9.05 Å². The topological polar surface area (TPSA) is 72.5 Å². The second-order valence-corrected chi connectivity index (χ2v) is 6.36. The van der Waals surface area contributed by atoms with Crippen molar-refractivity contribution in [3.63, 3.8) is 0 Å². The van der Waals surface area contributed by atoms with Crippen LogP contribution in [0.1, 0.15) is 17.3 Å². The second kappa shape index (κ2) is 6.52. The van der Waals surface area contributed by atoms with Crippen molar-refractivity contribution in [3.05, 3.63) is 23.8 Å². The van der Waals surface area contributed by atoms with E-state index >= 15 is 0 Å². The van der Waals surface area contributed by atoms with Gasteiger partial charge in [0.1, 0.15) is 17.2 Å². The lowest BCUT2D eigenvalue weighted by molar-refractivity contribution is -0.123. The van der Waals surface area contributed by atoms with Crippen molar-refractivity contribution in [1.29, 1.82) is 0 Å². The largest absolute Gasteiger partial charge is 0.492 e. The van der Waals surface area contributed by atoms with Crippen LogP contribution in [0.4, 0.5) is 13.2 Å². The molecule has 0 heterocycles. The molecule has 0 aliphatic rings. The monoisotopic (exact) mass is 345 g/mol. The summed E-state index contributed by atoms with van der Waals surface area (Å²) in [6.07, 6.45) is -4.57. The van der Waals surface area contributed by atoms with Gasteiger partial charge in [0.05, 0.1) is 6.61 Å². The van der Waals surface area contributed by atoms with E-state index in [-0.39, 0.29) is 17.9 Å². The minimum atomic E-state index is -4.57. The van der Waals surface area contributed by atoms with Crippen molar-refractivity contribution in [2.75, 3.05) is 13.2 Å². The van der Waals surface area contributed by atoms with Gasteiger partial charge in [0.2, 0.25) is 0 Å². The van der Waals surface area contributed by atoms with Crippen molar-refractivity contribution >= 4 is 25.6 Å². The highest BCUT2D eigenvalue weighted by atomic mass is 35.7. The zero-order chi connectivity index (χ0) is 16.3. The number of carbonyl (C=O) groups is 1. The number of hydrogen-bond acceptors (Lipinski definition) is 4. The number of amides is 1. The van der Waals surface area contributed by atoms with Crippen LogP contribution in [0.15, 0.2) is 23.1 Å². The van der Waals surface area contributed by atoms with Gasteiger partial charge in [-0.05, 0) is 25.1 Å². The fourth-order valence-electron chi connectivity index (χ4n) is 1.40. The summed E-state index contributed by atoms with van der Waals surface area (Å²) < 4.78 is 63.9. The Morgan fingerprint density at radius 2 is 2.00 bits per heavy atom. The van der Waals surface area contributed by atoms with Crippen molar-refractivity contribution in [2.24, 2.45) is 0 Å². The zero-order valence-electron chi connectivity index (χ0n) is 10.7. The molecule has 0 bridgehead atoms. The summed E-state index contributed by atoms with van der Waals surface area (Å²) in [7, 11) is 0.996. The summed E-state index contributed by atoms with van der Waals surface area (Å²) in [5.41, 5.74) is -0.276. The molecule has 1 rings (SSSR count). The molecule has 0 fully saturated rings. The van der Waals surface area contributed by atoms with Crippen molar-refractivity contribution in [1.82, 2.24) is 5.32 Å². The first-order chi connectivity index (χ1) is 9.54. The Hall–Kier alpha value is -1.48. The molecule has 1 amide bonds. The first kappa shape index (κ1) is 17.6.